The van der Waals surface area contributed by atoms with Crippen LogP contribution >= 0.6 is 0 Å². The van der Waals surface area contributed by atoms with Crippen molar-refractivity contribution in [1.29, 1.82) is 0 Å². The van der Waals surface area contributed by atoms with Crippen molar-refractivity contribution >= 4 is 26.7 Å². The molecule has 0 saturated carbocycles. The van der Waals surface area contributed by atoms with Gasteiger partial charge in [-0.1, -0.05) is 11.2 Å². The van der Waals surface area contributed by atoms with Gasteiger partial charge in [0.05, 0.1) is 10.4 Å². The zero-order valence-corrected chi connectivity index (χ0v) is 11.4. The van der Waals surface area contributed by atoms with Gasteiger partial charge in [-0.3, -0.25) is 9.71 Å². The van der Waals surface area contributed by atoms with Crippen LogP contribution in [-0.2, 0) is 10.0 Å². The second-order valence-corrected chi connectivity index (χ2v) is 5.91. The van der Waals surface area contributed by atoms with Crippen molar-refractivity contribution in [2.75, 3.05) is 4.72 Å². The first-order valence-corrected chi connectivity index (χ1v) is 7.34. The number of benzene rings is 1. The molecule has 0 amide bonds. The van der Waals surface area contributed by atoms with Crippen LogP contribution in [0.25, 0.3) is 10.9 Å². The van der Waals surface area contributed by atoms with Gasteiger partial charge in [0.15, 0.2) is 5.82 Å². The molecule has 0 spiro atoms. The number of fused-ring (bicyclic) bond motifs is 1. The van der Waals surface area contributed by atoms with Crippen molar-refractivity contribution in [2.45, 2.75) is 11.8 Å². The number of nitrogens with zero attached hydrogens (tertiary/aromatic N) is 2. The second-order valence-electron chi connectivity index (χ2n) is 4.25. The lowest BCUT2D eigenvalue weighted by molar-refractivity contribution is 0.400. The summed E-state index contributed by atoms with van der Waals surface area (Å²) in [6.45, 7) is 1.69. The zero-order chi connectivity index (χ0) is 14.2. The highest BCUT2D eigenvalue weighted by molar-refractivity contribution is 7.93. The van der Waals surface area contributed by atoms with Gasteiger partial charge in [-0.05, 0) is 31.2 Å². The molecule has 1 N–H and O–H groups in total. The van der Waals surface area contributed by atoms with Gasteiger partial charge >= 0.3 is 0 Å². The molecule has 1 aromatic carbocycles. The molecular weight excluding hydrogens is 278 g/mol. The summed E-state index contributed by atoms with van der Waals surface area (Å²) in [6, 6.07) is 9.86. The first-order chi connectivity index (χ1) is 9.56. The number of pyridine rings is 1. The van der Waals surface area contributed by atoms with E-state index in [0.717, 1.165) is 0 Å². The van der Waals surface area contributed by atoms with Crippen LogP contribution in [0.15, 0.2) is 52.0 Å². The second kappa shape index (κ2) is 4.61. The third-order valence-corrected chi connectivity index (χ3v) is 4.17. The number of sulfonamides is 1. The van der Waals surface area contributed by atoms with Gasteiger partial charge in [0.25, 0.3) is 10.0 Å². The number of aryl methyl sites for hydroxylation is 1. The van der Waals surface area contributed by atoms with Crippen LogP contribution in [0, 0.1) is 6.92 Å². The fourth-order valence-electron chi connectivity index (χ4n) is 1.92. The van der Waals surface area contributed by atoms with E-state index in [9.17, 15) is 8.42 Å². The van der Waals surface area contributed by atoms with Crippen molar-refractivity contribution in [1.82, 2.24) is 10.1 Å². The summed E-state index contributed by atoms with van der Waals surface area (Å²) >= 11 is 0. The van der Waals surface area contributed by atoms with Crippen LogP contribution in [0.3, 0.4) is 0 Å². The molecule has 0 aliphatic carbocycles. The molecule has 0 radical (unpaired) electrons. The highest BCUT2D eigenvalue weighted by Gasteiger charge is 2.19. The predicted octanol–water partition coefficient (Wildman–Crippen LogP) is 2.33. The van der Waals surface area contributed by atoms with E-state index in [1.54, 1.807) is 37.4 Å². The fraction of sp³-hybridized carbons (Fsp3) is 0.0769. The first kappa shape index (κ1) is 12.6. The predicted molar refractivity (Wildman–Crippen MR) is 73.8 cm³/mol. The molecule has 3 rings (SSSR count). The van der Waals surface area contributed by atoms with E-state index in [-0.39, 0.29) is 10.7 Å². The topological polar surface area (TPSA) is 85.1 Å². The largest absolute Gasteiger partial charge is 0.360 e. The van der Waals surface area contributed by atoms with E-state index >= 15 is 0 Å². The van der Waals surface area contributed by atoms with Crippen molar-refractivity contribution in [3.63, 3.8) is 0 Å². The van der Waals surface area contributed by atoms with Gasteiger partial charge in [0.1, 0.15) is 5.76 Å². The molecule has 2 aromatic heterocycles. The molecule has 0 bridgehead atoms. The van der Waals surface area contributed by atoms with Crippen LogP contribution in [0.2, 0.25) is 0 Å². The summed E-state index contributed by atoms with van der Waals surface area (Å²) in [6.07, 6.45) is 1.62. The van der Waals surface area contributed by atoms with Gasteiger partial charge in [0, 0.05) is 17.6 Å². The Kier molecular flexibility index (Phi) is 2.90. The third-order valence-electron chi connectivity index (χ3n) is 2.76. The van der Waals surface area contributed by atoms with Gasteiger partial charge in [-0.25, -0.2) is 8.42 Å². The van der Waals surface area contributed by atoms with E-state index < -0.39 is 10.0 Å². The quantitative estimate of drug-likeness (QED) is 0.799. The number of hydrogen-bond donors (Lipinski definition) is 1. The fourth-order valence-corrected chi connectivity index (χ4v) is 3.12. The van der Waals surface area contributed by atoms with Crippen LogP contribution in [0.5, 0.6) is 0 Å². The number of rotatable bonds is 3. The van der Waals surface area contributed by atoms with Gasteiger partial charge in [0.2, 0.25) is 0 Å². The maximum atomic E-state index is 12.4. The molecule has 102 valence electrons. The molecule has 0 unspecified atom stereocenters. The smallest absolute Gasteiger partial charge is 0.263 e. The molecule has 0 atom stereocenters. The molecular formula is C13H11N3O3S. The van der Waals surface area contributed by atoms with E-state index in [0.29, 0.717) is 16.7 Å². The molecule has 0 aliphatic rings. The number of hydrogen-bond acceptors (Lipinski definition) is 5. The van der Waals surface area contributed by atoms with Crippen LogP contribution < -0.4 is 4.72 Å². The molecule has 3 aromatic rings. The van der Waals surface area contributed by atoms with E-state index in [1.807, 2.05) is 0 Å². The van der Waals surface area contributed by atoms with Crippen molar-refractivity contribution in [3.05, 3.63) is 48.4 Å². The Balaban J connectivity index is 2.09. The molecule has 0 fully saturated rings. The number of nitrogens with one attached hydrogen (secondary N) is 1. The van der Waals surface area contributed by atoms with Crippen molar-refractivity contribution in [3.8, 4) is 0 Å². The minimum atomic E-state index is -3.74. The Labute approximate surface area is 115 Å². The number of anilines is 1. The monoisotopic (exact) mass is 289 g/mol. The molecule has 0 aliphatic heterocycles. The molecule has 20 heavy (non-hydrogen) atoms. The summed E-state index contributed by atoms with van der Waals surface area (Å²) in [7, 11) is -3.74. The Morgan fingerprint density at radius 2 is 2.05 bits per heavy atom. The molecule has 7 heteroatoms. The average Bonchev–Trinajstić information content (AvgIpc) is 2.82. The van der Waals surface area contributed by atoms with Crippen LogP contribution in [0.4, 0.5) is 5.82 Å². The maximum Gasteiger partial charge on any atom is 0.263 e. The van der Waals surface area contributed by atoms with E-state index in [2.05, 4.69) is 14.9 Å². The zero-order valence-electron chi connectivity index (χ0n) is 10.6. The van der Waals surface area contributed by atoms with Crippen LogP contribution in [-0.4, -0.2) is 18.6 Å². The summed E-state index contributed by atoms with van der Waals surface area (Å²) in [5.41, 5.74) is 0.617. The Morgan fingerprint density at radius 3 is 2.80 bits per heavy atom. The standard InChI is InChI=1S/C13H11N3O3S/c1-9-8-13(15-19-9)16-20(17,18)12-6-2-5-11-10(12)4-3-7-14-11/h2-8H,1H3,(H,15,16). The average molecular weight is 289 g/mol. The maximum absolute atomic E-state index is 12.4. The number of aromatic nitrogens is 2. The normalized spacial score (nSPS) is 11.7. The Hall–Kier alpha value is -2.41. The van der Waals surface area contributed by atoms with Crippen molar-refractivity contribution < 1.29 is 12.9 Å². The van der Waals surface area contributed by atoms with Gasteiger partial charge in [-0.2, -0.15) is 0 Å². The lowest BCUT2D eigenvalue weighted by Gasteiger charge is -2.07. The van der Waals surface area contributed by atoms with Gasteiger partial charge < -0.3 is 4.52 Å². The van der Waals surface area contributed by atoms with Crippen molar-refractivity contribution in [2.24, 2.45) is 0 Å². The third kappa shape index (κ3) is 2.23. The molecule has 0 saturated heterocycles. The Bertz CT molecular complexity index is 866. The molecule has 2 heterocycles. The minimum Gasteiger partial charge on any atom is -0.360 e. The van der Waals surface area contributed by atoms with E-state index in [4.69, 9.17) is 4.52 Å². The lowest BCUT2D eigenvalue weighted by Crippen LogP contribution is -2.13. The lowest BCUT2D eigenvalue weighted by atomic mass is 10.2. The van der Waals surface area contributed by atoms with Crippen LogP contribution in [0.1, 0.15) is 5.76 Å². The molecule has 6 nitrogen and oxygen atoms in total. The first-order valence-electron chi connectivity index (χ1n) is 5.86. The summed E-state index contributed by atoms with van der Waals surface area (Å²) < 4.78 is 32.0. The van der Waals surface area contributed by atoms with Gasteiger partial charge in [-0.15, -0.1) is 0 Å². The Morgan fingerprint density at radius 1 is 1.20 bits per heavy atom. The summed E-state index contributed by atoms with van der Waals surface area (Å²) in [5.74, 6) is 0.686. The van der Waals surface area contributed by atoms with E-state index in [1.165, 1.54) is 12.1 Å². The summed E-state index contributed by atoms with van der Waals surface area (Å²) in [5, 5.41) is 4.18. The summed E-state index contributed by atoms with van der Waals surface area (Å²) in [4.78, 5) is 4.30. The minimum absolute atomic E-state index is 0.156. The highest BCUT2D eigenvalue weighted by Crippen LogP contribution is 2.23. The SMILES string of the molecule is Cc1cc(NS(=O)(=O)c2cccc3ncccc23)no1. The highest BCUT2D eigenvalue weighted by atomic mass is 32.2.